The minimum absolute atomic E-state index is 0.0578. The molecule has 2 atom stereocenters. The summed E-state index contributed by atoms with van der Waals surface area (Å²) in [7, 11) is 0. The van der Waals surface area contributed by atoms with Crippen LogP contribution in [0, 0.1) is 5.92 Å². The summed E-state index contributed by atoms with van der Waals surface area (Å²) in [6.45, 7) is 0.918. The maximum absolute atomic E-state index is 14.0. The van der Waals surface area contributed by atoms with Gasteiger partial charge in [0.2, 0.25) is 11.8 Å². The molecule has 4 rings (SSSR count). The van der Waals surface area contributed by atoms with Gasteiger partial charge in [-0.3, -0.25) is 14.3 Å². The zero-order chi connectivity index (χ0) is 31.7. The second-order valence-electron chi connectivity index (χ2n) is 10.9. The average Bonchev–Trinajstić information content (AvgIpc) is 3.50. The number of alkyl halides is 8. The zero-order valence-corrected chi connectivity index (χ0v) is 23.0. The first kappa shape index (κ1) is 32.2. The Morgan fingerprint density at radius 2 is 1.74 bits per heavy atom. The highest BCUT2D eigenvalue weighted by atomic mass is 19.4. The Balaban J connectivity index is 1.66. The third kappa shape index (κ3) is 8.44. The molecule has 43 heavy (non-hydrogen) atoms. The van der Waals surface area contributed by atoms with Crippen LogP contribution in [0.4, 0.5) is 35.1 Å². The van der Waals surface area contributed by atoms with Crippen molar-refractivity contribution in [2.45, 2.75) is 88.6 Å². The maximum Gasteiger partial charge on any atom is 0.390 e. The van der Waals surface area contributed by atoms with E-state index >= 15 is 0 Å². The van der Waals surface area contributed by atoms with Crippen molar-refractivity contribution in [3.63, 3.8) is 0 Å². The molecule has 236 valence electrons. The molecule has 1 aromatic carbocycles. The standard InChI is InChI=1S/C27H30F8N6O2/c1-14(37-21(42)6-9-26(30,31)32)16-2-3-17-18(12-16)39-24(38-17)22(15-4-7-25(28,29)8-5-15)19-13-20(23(36)43)41(40-19)11-10-27(33,34)35/h2-3,12-15,22H,4-11H2,1H3,(H2,36,43)(H,37,42)(H,38,39)/t14-,22-/m0/s1. The molecule has 4 N–H and O–H groups in total. The van der Waals surface area contributed by atoms with E-state index in [1.165, 1.54) is 6.07 Å². The minimum Gasteiger partial charge on any atom is -0.364 e. The molecule has 3 aromatic rings. The normalized spacial score (nSPS) is 17.6. The number of fused-ring (bicyclic) bond motifs is 1. The molecule has 1 aliphatic rings. The Hall–Kier alpha value is -3.72. The van der Waals surface area contributed by atoms with Crippen molar-refractivity contribution in [3.8, 4) is 0 Å². The van der Waals surface area contributed by atoms with E-state index in [9.17, 15) is 44.7 Å². The first-order chi connectivity index (χ1) is 19.9. The first-order valence-corrected chi connectivity index (χ1v) is 13.6. The lowest BCUT2D eigenvalue weighted by atomic mass is 9.77. The van der Waals surface area contributed by atoms with Crippen LogP contribution in [0.3, 0.4) is 0 Å². The number of hydrogen-bond donors (Lipinski definition) is 3. The van der Waals surface area contributed by atoms with Crippen molar-refractivity contribution >= 4 is 22.8 Å². The van der Waals surface area contributed by atoms with Crippen LogP contribution in [0.5, 0.6) is 0 Å². The third-order valence-corrected chi connectivity index (χ3v) is 7.54. The molecule has 0 unspecified atom stereocenters. The summed E-state index contributed by atoms with van der Waals surface area (Å²) >= 11 is 0. The summed E-state index contributed by atoms with van der Waals surface area (Å²) in [5.41, 5.74) is 6.74. The number of H-pyrrole nitrogens is 1. The Bertz CT molecular complexity index is 1450. The number of nitrogens with zero attached hydrogens (tertiary/aromatic N) is 3. The van der Waals surface area contributed by atoms with E-state index in [1.807, 2.05) is 0 Å². The molecule has 0 saturated heterocycles. The predicted molar refractivity (Wildman–Crippen MR) is 138 cm³/mol. The van der Waals surface area contributed by atoms with Gasteiger partial charge in [-0.1, -0.05) is 6.07 Å². The van der Waals surface area contributed by atoms with Gasteiger partial charge in [0.15, 0.2) is 0 Å². The fourth-order valence-corrected chi connectivity index (χ4v) is 5.31. The van der Waals surface area contributed by atoms with E-state index in [-0.39, 0.29) is 30.1 Å². The molecule has 8 nitrogen and oxygen atoms in total. The van der Waals surface area contributed by atoms with Crippen molar-refractivity contribution in [2.24, 2.45) is 11.7 Å². The number of rotatable bonds is 10. The van der Waals surface area contributed by atoms with Gasteiger partial charge in [-0.25, -0.2) is 13.8 Å². The van der Waals surface area contributed by atoms with E-state index in [2.05, 4.69) is 20.4 Å². The quantitative estimate of drug-likeness (QED) is 0.231. The number of halogens is 8. The molecule has 0 bridgehead atoms. The summed E-state index contributed by atoms with van der Waals surface area (Å²) < 4.78 is 105. The minimum atomic E-state index is -4.53. The van der Waals surface area contributed by atoms with Gasteiger partial charge in [0.05, 0.1) is 48.1 Å². The molecular formula is C27H30F8N6O2. The number of carbonyl (C=O) groups is 2. The van der Waals surface area contributed by atoms with E-state index in [0.717, 1.165) is 4.68 Å². The summed E-state index contributed by atoms with van der Waals surface area (Å²) in [4.78, 5) is 31.8. The lowest BCUT2D eigenvalue weighted by Gasteiger charge is -2.32. The van der Waals surface area contributed by atoms with Gasteiger partial charge < -0.3 is 16.0 Å². The molecule has 1 aliphatic carbocycles. The van der Waals surface area contributed by atoms with Crippen molar-refractivity contribution in [1.29, 1.82) is 0 Å². The lowest BCUT2D eigenvalue weighted by molar-refractivity contribution is -0.144. The number of nitrogens with two attached hydrogens (primary N) is 1. The average molecular weight is 623 g/mol. The Kier molecular flexibility index (Phi) is 9.07. The van der Waals surface area contributed by atoms with Crippen molar-refractivity contribution in [3.05, 3.63) is 47.0 Å². The number of amides is 2. The van der Waals surface area contributed by atoms with Gasteiger partial charge in [0.25, 0.3) is 5.91 Å². The molecule has 0 aliphatic heterocycles. The topological polar surface area (TPSA) is 119 Å². The Morgan fingerprint density at radius 3 is 2.35 bits per heavy atom. The monoisotopic (exact) mass is 622 g/mol. The van der Waals surface area contributed by atoms with Crippen LogP contribution in [0.2, 0.25) is 0 Å². The molecule has 1 saturated carbocycles. The summed E-state index contributed by atoms with van der Waals surface area (Å²) in [6, 6.07) is 5.45. The van der Waals surface area contributed by atoms with E-state index in [4.69, 9.17) is 5.73 Å². The molecule has 2 aromatic heterocycles. The molecule has 1 fully saturated rings. The molecule has 0 spiro atoms. The Morgan fingerprint density at radius 1 is 1.09 bits per heavy atom. The van der Waals surface area contributed by atoms with E-state index in [1.54, 1.807) is 25.1 Å². The van der Waals surface area contributed by atoms with Gasteiger partial charge in [-0.05, 0) is 49.4 Å². The highest BCUT2D eigenvalue weighted by Gasteiger charge is 2.41. The highest BCUT2D eigenvalue weighted by Crippen LogP contribution is 2.44. The number of aromatic amines is 1. The second kappa shape index (κ2) is 12.1. The molecule has 16 heteroatoms. The first-order valence-electron chi connectivity index (χ1n) is 13.6. The van der Waals surface area contributed by atoms with Gasteiger partial charge in [0.1, 0.15) is 11.5 Å². The fourth-order valence-electron chi connectivity index (χ4n) is 5.31. The second-order valence-corrected chi connectivity index (χ2v) is 10.9. The SMILES string of the molecule is C[C@H](NC(=O)CCC(F)(F)F)c1ccc2nc([C@H](c3cc(C(N)=O)n(CCC(F)(F)F)n3)C3CCC(F)(F)CC3)[nH]c2c1. The van der Waals surface area contributed by atoms with E-state index in [0.29, 0.717) is 16.6 Å². The maximum atomic E-state index is 14.0. The summed E-state index contributed by atoms with van der Waals surface area (Å²) in [6.07, 6.45) is -13.0. The smallest absolute Gasteiger partial charge is 0.364 e. The zero-order valence-electron chi connectivity index (χ0n) is 23.0. The predicted octanol–water partition coefficient (Wildman–Crippen LogP) is 6.29. The van der Waals surface area contributed by atoms with Crippen molar-refractivity contribution in [1.82, 2.24) is 25.1 Å². The van der Waals surface area contributed by atoms with Gasteiger partial charge >= 0.3 is 12.4 Å². The van der Waals surface area contributed by atoms with Gasteiger partial charge in [0, 0.05) is 19.3 Å². The molecular weight excluding hydrogens is 592 g/mol. The number of hydrogen-bond acceptors (Lipinski definition) is 4. The number of benzene rings is 1. The van der Waals surface area contributed by atoms with Crippen molar-refractivity contribution < 1.29 is 44.7 Å². The molecule has 2 amide bonds. The number of aryl methyl sites for hydroxylation is 1. The number of imidazole rings is 1. The third-order valence-electron chi connectivity index (χ3n) is 7.54. The van der Waals surface area contributed by atoms with Crippen LogP contribution >= 0.6 is 0 Å². The highest BCUT2D eigenvalue weighted by molar-refractivity contribution is 5.91. The van der Waals surface area contributed by atoms with Crippen LogP contribution < -0.4 is 11.1 Å². The molecule has 0 radical (unpaired) electrons. The lowest BCUT2D eigenvalue weighted by Crippen LogP contribution is -2.29. The van der Waals surface area contributed by atoms with Crippen LogP contribution in [-0.4, -0.2) is 49.8 Å². The largest absolute Gasteiger partial charge is 0.390 e. The number of aromatic nitrogens is 4. The van der Waals surface area contributed by atoms with E-state index < -0.39 is 86.6 Å². The van der Waals surface area contributed by atoms with Crippen molar-refractivity contribution in [2.75, 3.05) is 0 Å². The number of nitrogens with one attached hydrogen (secondary N) is 2. The Labute approximate surface area is 240 Å². The van der Waals surface area contributed by atoms with Gasteiger partial charge in [-0.15, -0.1) is 0 Å². The van der Waals surface area contributed by atoms with Gasteiger partial charge in [-0.2, -0.15) is 31.4 Å². The molecule has 2 heterocycles. The van der Waals surface area contributed by atoms with Crippen LogP contribution in [0.1, 0.15) is 91.4 Å². The number of carbonyl (C=O) groups excluding carboxylic acids is 2. The number of primary amides is 1. The fraction of sp³-hybridized carbons (Fsp3) is 0.556. The summed E-state index contributed by atoms with van der Waals surface area (Å²) in [5.74, 6) is -5.61. The van der Waals surface area contributed by atoms with Crippen LogP contribution in [-0.2, 0) is 11.3 Å². The summed E-state index contributed by atoms with van der Waals surface area (Å²) in [5, 5.41) is 6.76. The van der Waals surface area contributed by atoms with Crippen LogP contribution in [0.25, 0.3) is 11.0 Å². The van der Waals surface area contributed by atoms with Crippen LogP contribution in [0.15, 0.2) is 24.3 Å².